The van der Waals surface area contributed by atoms with Crippen LogP contribution in [0.15, 0.2) is 66.3 Å². The Kier molecular flexibility index (Phi) is 5.20. The van der Waals surface area contributed by atoms with Gasteiger partial charge in [0, 0.05) is 23.6 Å². The lowest BCUT2D eigenvalue weighted by molar-refractivity contribution is 0.0939. The Morgan fingerprint density at radius 2 is 1.84 bits per heavy atom. The fraction of sp³-hybridized carbons (Fsp3) is 0.105. The van der Waals surface area contributed by atoms with Crippen molar-refractivity contribution in [1.82, 2.24) is 10.3 Å². The van der Waals surface area contributed by atoms with Crippen LogP contribution in [0.1, 0.15) is 38.6 Å². The van der Waals surface area contributed by atoms with Gasteiger partial charge in [0.05, 0.1) is 10.9 Å². The van der Waals surface area contributed by atoms with E-state index in [0.717, 1.165) is 5.56 Å². The first-order valence-electron chi connectivity index (χ1n) is 7.79. The van der Waals surface area contributed by atoms with Crippen molar-refractivity contribution in [3.63, 3.8) is 0 Å². The molecule has 0 unspecified atom stereocenters. The Morgan fingerprint density at radius 1 is 1.04 bits per heavy atom. The Bertz CT molecular complexity index is 846. The van der Waals surface area contributed by atoms with E-state index >= 15 is 0 Å². The van der Waals surface area contributed by atoms with E-state index in [4.69, 9.17) is 0 Å². The normalized spacial score (nSPS) is 11.6. The second-order valence-corrected chi connectivity index (χ2v) is 6.44. The molecule has 0 aliphatic rings. The molecule has 126 valence electrons. The van der Waals surface area contributed by atoms with E-state index in [9.17, 15) is 9.59 Å². The largest absolute Gasteiger partial charge is 0.345 e. The molecule has 0 aliphatic heterocycles. The van der Waals surface area contributed by atoms with Crippen LogP contribution in [0.25, 0.3) is 0 Å². The van der Waals surface area contributed by atoms with Gasteiger partial charge in [-0.2, -0.15) is 0 Å². The Hall–Kier alpha value is -2.99. The van der Waals surface area contributed by atoms with Crippen LogP contribution in [0.5, 0.6) is 0 Å². The molecule has 0 spiro atoms. The smallest absolute Gasteiger partial charge is 0.265 e. The first-order valence-corrected chi connectivity index (χ1v) is 8.67. The van der Waals surface area contributed by atoms with E-state index in [1.807, 2.05) is 30.5 Å². The number of hydrogen-bond donors (Lipinski definition) is 2. The van der Waals surface area contributed by atoms with Crippen LogP contribution in [-0.4, -0.2) is 16.8 Å². The maximum atomic E-state index is 12.3. The minimum Gasteiger partial charge on any atom is -0.345 e. The molecule has 2 heterocycles. The first-order chi connectivity index (χ1) is 12.1. The maximum absolute atomic E-state index is 12.3. The van der Waals surface area contributed by atoms with Crippen molar-refractivity contribution >= 4 is 28.8 Å². The van der Waals surface area contributed by atoms with Gasteiger partial charge in [-0.1, -0.05) is 12.1 Å². The lowest BCUT2D eigenvalue weighted by Gasteiger charge is -2.14. The van der Waals surface area contributed by atoms with Gasteiger partial charge in [0.1, 0.15) is 0 Å². The Morgan fingerprint density at radius 3 is 2.48 bits per heavy atom. The summed E-state index contributed by atoms with van der Waals surface area (Å²) in [6, 6.07) is 14.0. The minimum absolute atomic E-state index is 0.139. The average molecular weight is 351 g/mol. The first kappa shape index (κ1) is 16.9. The summed E-state index contributed by atoms with van der Waals surface area (Å²) < 4.78 is 0. The van der Waals surface area contributed by atoms with Gasteiger partial charge in [-0.3, -0.25) is 14.6 Å². The number of amides is 2. The molecule has 2 aromatic heterocycles. The molecule has 6 heteroatoms. The molecule has 2 N–H and O–H groups in total. The number of rotatable bonds is 5. The van der Waals surface area contributed by atoms with Gasteiger partial charge in [-0.25, -0.2) is 0 Å². The predicted octanol–water partition coefficient (Wildman–Crippen LogP) is 3.89. The summed E-state index contributed by atoms with van der Waals surface area (Å²) in [4.78, 5) is 29.0. The number of aromatic nitrogens is 1. The second-order valence-electron chi connectivity index (χ2n) is 5.49. The zero-order valence-electron chi connectivity index (χ0n) is 13.6. The van der Waals surface area contributed by atoms with Crippen LogP contribution in [-0.2, 0) is 0 Å². The van der Waals surface area contributed by atoms with Crippen molar-refractivity contribution in [2.75, 3.05) is 5.32 Å². The van der Waals surface area contributed by atoms with Crippen LogP contribution in [0.4, 0.5) is 5.69 Å². The SMILES string of the molecule is C[C@@H](NC(=O)c1ccc(NC(=O)c2cccs2)cc1)c1cccnc1. The number of benzene rings is 1. The van der Waals surface area contributed by atoms with Crippen molar-refractivity contribution in [3.05, 3.63) is 82.3 Å². The number of nitrogens with zero attached hydrogens (tertiary/aromatic N) is 1. The third-order valence-electron chi connectivity index (χ3n) is 3.68. The van der Waals surface area contributed by atoms with Crippen molar-refractivity contribution in [2.24, 2.45) is 0 Å². The summed E-state index contributed by atoms with van der Waals surface area (Å²) in [5, 5.41) is 7.59. The molecule has 0 saturated carbocycles. The minimum atomic E-state index is -0.174. The van der Waals surface area contributed by atoms with Crippen molar-refractivity contribution in [2.45, 2.75) is 13.0 Å². The molecule has 0 radical (unpaired) electrons. The Balaban J connectivity index is 1.61. The van der Waals surface area contributed by atoms with Gasteiger partial charge in [-0.05, 0) is 54.3 Å². The van der Waals surface area contributed by atoms with Gasteiger partial charge < -0.3 is 10.6 Å². The van der Waals surface area contributed by atoms with Gasteiger partial charge in [0.2, 0.25) is 0 Å². The zero-order chi connectivity index (χ0) is 17.6. The van der Waals surface area contributed by atoms with Gasteiger partial charge in [-0.15, -0.1) is 11.3 Å². The van der Waals surface area contributed by atoms with Crippen LogP contribution < -0.4 is 10.6 Å². The molecule has 1 atom stereocenters. The van der Waals surface area contributed by atoms with Crippen LogP contribution in [0, 0.1) is 0 Å². The number of hydrogen-bond acceptors (Lipinski definition) is 4. The number of carbonyl (C=O) groups is 2. The van der Waals surface area contributed by atoms with E-state index in [2.05, 4.69) is 15.6 Å². The molecule has 0 fully saturated rings. The molecule has 25 heavy (non-hydrogen) atoms. The predicted molar refractivity (Wildman–Crippen MR) is 98.8 cm³/mol. The van der Waals surface area contributed by atoms with Crippen molar-refractivity contribution in [1.29, 1.82) is 0 Å². The molecule has 0 aliphatic carbocycles. The van der Waals surface area contributed by atoms with E-state index in [-0.39, 0.29) is 17.9 Å². The highest BCUT2D eigenvalue weighted by atomic mass is 32.1. The Labute approximate surface area is 149 Å². The molecule has 0 bridgehead atoms. The fourth-order valence-electron chi connectivity index (χ4n) is 2.30. The van der Waals surface area contributed by atoms with E-state index in [1.165, 1.54) is 11.3 Å². The van der Waals surface area contributed by atoms with Crippen molar-refractivity contribution < 1.29 is 9.59 Å². The third-order valence-corrected chi connectivity index (χ3v) is 4.55. The van der Waals surface area contributed by atoms with Crippen LogP contribution in [0.3, 0.4) is 0 Å². The lowest BCUT2D eigenvalue weighted by Crippen LogP contribution is -2.26. The van der Waals surface area contributed by atoms with Crippen LogP contribution in [0.2, 0.25) is 0 Å². The van der Waals surface area contributed by atoms with Gasteiger partial charge in [0.15, 0.2) is 0 Å². The number of carbonyl (C=O) groups excluding carboxylic acids is 2. The molecular formula is C19H17N3O2S. The highest BCUT2D eigenvalue weighted by Crippen LogP contribution is 2.15. The summed E-state index contributed by atoms with van der Waals surface area (Å²) >= 11 is 1.38. The standard InChI is InChI=1S/C19H17N3O2S/c1-13(15-4-2-10-20-12-15)21-18(23)14-6-8-16(9-7-14)22-19(24)17-5-3-11-25-17/h2-13H,1H3,(H,21,23)(H,22,24)/t13-/m1/s1. The van der Waals surface area contributed by atoms with E-state index in [0.29, 0.717) is 16.1 Å². The summed E-state index contributed by atoms with van der Waals surface area (Å²) in [6.07, 6.45) is 3.43. The van der Waals surface area contributed by atoms with Gasteiger partial charge in [0.25, 0.3) is 11.8 Å². The van der Waals surface area contributed by atoms with E-state index in [1.54, 1.807) is 42.7 Å². The summed E-state index contributed by atoms with van der Waals surface area (Å²) in [5.41, 5.74) is 2.12. The molecule has 3 rings (SSSR count). The van der Waals surface area contributed by atoms with Gasteiger partial charge >= 0.3 is 0 Å². The number of thiophene rings is 1. The van der Waals surface area contributed by atoms with Crippen LogP contribution >= 0.6 is 11.3 Å². The number of anilines is 1. The van der Waals surface area contributed by atoms with Crippen molar-refractivity contribution in [3.8, 4) is 0 Å². The highest BCUT2D eigenvalue weighted by molar-refractivity contribution is 7.12. The molecule has 2 amide bonds. The molecule has 0 saturated heterocycles. The molecule has 1 aromatic carbocycles. The molecular weight excluding hydrogens is 334 g/mol. The monoisotopic (exact) mass is 351 g/mol. The maximum Gasteiger partial charge on any atom is 0.265 e. The van der Waals surface area contributed by atoms with E-state index < -0.39 is 0 Å². The highest BCUT2D eigenvalue weighted by Gasteiger charge is 2.12. The third kappa shape index (κ3) is 4.30. The summed E-state index contributed by atoms with van der Waals surface area (Å²) in [7, 11) is 0. The molecule has 5 nitrogen and oxygen atoms in total. The lowest BCUT2D eigenvalue weighted by atomic mass is 10.1. The topological polar surface area (TPSA) is 71.1 Å². The second kappa shape index (κ2) is 7.72. The average Bonchev–Trinajstić information content (AvgIpc) is 3.18. The number of nitrogens with one attached hydrogen (secondary N) is 2. The number of pyridine rings is 1. The molecule has 3 aromatic rings. The zero-order valence-corrected chi connectivity index (χ0v) is 14.4. The quantitative estimate of drug-likeness (QED) is 0.733. The summed E-state index contributed by atoms with van der Waals surface area (Å²) in [5.74, 6) is -0.329. The summed E-state index contributed by atoms with van der Waals surface area (Å²) in [6.45, 7) is 1.91. The fourth-order valence-corrected chi connectivity index (χ4v) is 2.92.